The molecule has 0 saturated heterocycles. The number of carbonyl (C=O) groups excluding carboxylic acids is 1. The van der Waals surface area contributed by atoms with E-state index in [1.165, 1.54) is 11.1 Å². The van der Waals surface area contributed by atoms with Crippen molar-refractivity contribution in [3.05, 3.63) is 35.4 Å². The second-order valence-electron chi connectivity index (χ2n) is 6.80. The molecule has 1 aromatic rings. The van der Waals surface area contributed by atoms with Crippen molar-refractivity contribution >= 4 is 6.09 Å². The number of benzene rings is 1. The summed E-state index contributed by atoms with van der Waals surface area (Å²) in [6, 6.07) is 8.39. The molecule has 20 heavy (non-hydrogen) atoms. The van der Waals surface area contributed by atoms with Crippen LogP contribution >= 0.6 is 0 Å². The van der Waals surface area contributed by atoms with Crippen molar-refractivity contribution < 1.29 is 9.53 Å². The van der Waals surface area contributed by atoms with Gasteiger partial charge in [0.15, 0.2) is 0 Å². The molecule has 0 aliphatic rings. The van der Waals surface area contributed by atoms with Crippen molar-refractivity contribution in [2.45, 2.75) is 59.1 Å². The van der Waals surface area contributed by atoms with E-state index in [0.717, 1.165) is 6.42 Å². The molecule has 1 amide bonds. The minimum Gasteiger partial charge on any atom is -0.443 e. The Morgan fingerprint density at radius 3 is 2.15 bits per heavy atom. The predicted octanol–water partition coefficient (Wildman–Crippen LogP) is 3.35. The molecule has 0 atom stereocenters. The fourth-order valence-electron chi connectivity index (χ4n) is 1.78. The zero-order valence-corrected chi connectivity index (χ0v) is 13.3. The maximum Gasteiger partial charge on any atom is 0.422 e. The van der Waals surface area contributed by atoms with Crippen LogP contribution in [-0.4, -0.2) is 17.2 Å². The Bertz CT molecular complexity index is 445. The molecular formula is C16H26N2O2. The van der Waals surface area contributed by atoms with E-state index >= 15 is 0 Å². The summed E-state index contributed by atoms with van der Waals surface area (Å²) in [7, 11) is 0. The van der Waals surface area contributed by atoms with E-state index in [2.05, 4.69) is 42.0 Å². The molecule has 0 bridgehead atoms. The highest BCUT2D eigenvalue weighted by Gasteiger charge is 2.21. The third-order valence-corrected chi connectivity index (χ3v) is 2.67. The second-order valence-corrected chi connectivity index (χ2v) is 6.80. The van der Waals surface area contributed by atoms with E-state index in [1.807, 2.05) is 34.6 Å². The number of hydrogen-bond donors (Lipinski definition) is 2. The molecule has 0 aliphatic heterocycles. The van der Waals surface area contributed by atoms with Crippen LogP contribution in [0.4, 0.5) is 4.79 Å². The molecule has 1 aromatic carbocycles. The van der Waals surface area contributed by atoms with Crippen molar-refractivity contribution in [3.8, 4) is 0 Å². The summed E-state index contributed by atoms with van der Waals surface area (Å²) in [4.78, 5) is 11.6. The Morgan fingerprint density at radius 2 is 1.65 bits per heavy atom. The Balaban J connectivity index is 2.49. The van der Waals surface area contributed by atoms with Gasteiger partial charge >= 0.3 is 6.09 Å². The topological polar surface area (TPSA) is 50.4 Å². The number of hydrazine groups is 1. The van der Waals surface area contributed by atoms with Gasteiger partial charge in [0.2, 0.25) is 0 Å². The molecule has 0 heterocycles. The molecule has 0 fully saturated rings. The summed E-state index contributed by atoms with van der Waals surface area (Å²) in [6.45, 7) is 11.6. The molecule has 4 nitrogen and oxygen atoms in total. The quantitative estimate of drug-likeness (QED) is 0.830. The highest BCUT2D eigenvalue weighted by Crippen LogP contribution is 2.13. The van der Waals surface area contributed by atoms with Crippen LogP contribution < -0.4 is 10.9 Å². The molecule has 0 aliphatic carbocycles. The van der Waals surface area contributed by atoms with E-state index in [-0.39, 0.29) is 5.54 Å². The van der Waals surface area contributed by atoms with Crippen LogP contribution in [0.15, 0.2) is 24.3 Å². The van der Waals surface area contributed by atoms with Gasteiger partial charge in [-0.15, -0.1) is 0 Å². The van der Waals surface area contributed by atoms with Crippen LogP contribution in [0, 0.1) is 6.92 Å². The zero-order chi connectivity index (χ0) is 15.4. The van der Waals surface area contributed by atoms with Gasteiger partial charge in [0.25, 0.3) is 0 Å². The average Bonchev–Trinajstić information content (AvgIpc) is 2.27. The van der Waals surface area contributed by atoms with Gasteiger partial charge < -0.3 is 4.74 Å². The van der Waals surface area contributed by atoms with E-state index < -0.39 is 11.7 Å². The first kappa shape index (κ1) is 16.5. The molecule has 0 saturated carbocycles. The van der Waals surface area contributed by atoms with Gasteiger partial charge in [-0.05, 0) is 53.5 Å². The molecule has 1 rings (SSSR count). The van der Waals surface area contributed by atoms with E-state index in [9.17, 15) is 4.79 Å². The number of aryl methyl sites for hydroxylation is 1. The average molecular weight is 278 g/mol. The van der Waals surface area contributed by atoms with Crippen LogP contribution in [0.3, 0.4) is 0 Å². The molecule has 0 aromatic heterocycles. The van der Waals surface area contributed by atoms with Crippen LogP contribution in [0.5, 0.6) is 0 Å². The number of amides is 1. The van der Waals surface area contributed by atoms with Gasteiger partial charge in [0.1, 0.15) is 5.60 Å². The minimum absolute atomic E-state index is 0.258. The highest BCUT2D eigenvalue weighted by molar-refractivity contribution is 5.67. The van der Waals surface area contributed by atoms with Gasteiger partial charge in [0, 0.05) is 5.54 Å². The zero-order valence-electron chi connectivity index (χ0n) is 13.3. The van der Waals surface area contributed by atoms with Crippen molar-refractivity contribution in [1.29, 1.82) is 0 Å². The van der Waals surface area contributed by atoms with Crippen molar-refractivity contribution in [1.82, 2.24) is 10.9 Å². The normalized spacial score (nSPS) is 12.1. The number of rotatable bonds is 4. The third kappa shape index (κ3) is 6.57. The lowest BCUT2D eigenvalue weighted by molar-refractivity contribution is 0.0471. The number of hydrogen-bond acceptors (Lipinski definition) is 3. The molecule has 112 valence electrons. The first-order valence-corrected chi connectivity index (χ1v) is 6.89. The number of nitrogens with one attached hydrogen (secondary N) is 2. The Hall–Kier alpha value is -1.55. The third-order valence-electron chi connectivity index (χ3n) is 2.67. The second kappa shape index (κ2) is 6.27. The van der Waals surface area contributed by atoms with Crippen molar-refractivity contribution in [2.75, 3.05) is 0 Å². The summed E-state index contributed by atoms with van der Waals surface area (Å²) in [6.07, 6.45) is 0.345. The van der Waals surface area contributed by atoms with Crippen LogP contribution in [0.25, 0.3) is 0 Å². The lowest BCUT2D eigenvalue weighted by Gasteiger charge is -2.28. The van der Waals surface area contributed by atoms with Crippen LogP contribution in [0.2, 0.25) is 0 Å². The van der Waals surface area contributed by atoms with Gasteiger partial charge in [0.05, 0.1) is 0 Å². The van der Waals surface area contributed by atoms with Gasteiger partial charge in [-0.2, -0.15) is 0 Å². The number of carbonyl (C=O) groups is 1. The van der Waals surface area contributed by atoms with Crippen molar-refractivity contribution in [3.63, 3.8) is 0 Å². The number of ether oxygens (including phenoxy) is 1. The van der Waals surface area contributed by atoms with Gasteiger partial charge in [-0.25, -0.2) is 10.2 Å². The van der Waals surface area contributed by atoms with Crippen LogP contribution in [0.1, 0.15) is 45.7 Å². The molecule has 0 spiro atoms. The molecule has 0 unspecified atom stereocenters. The fourth-order valence-corrected chi connectivity index (χ4v) is 1.78. The van der Waals surface area contributed by atoms with E-state index in [4.69, 9.17) is 4.74 Å². The Morgan fingerprint density at radius 1 is 1.10 bits per heavy atom. The van der Waals surface area contributed by atoms with Crippen molar-refractivity contribution in [2.24, 2.45) is 0 Å². The first-order chi connectivity index (χ1) is 9.07. The summed E-state index contributed by atoms with van der Waals surface area (Å²) in [5, 5.41) is 0. The SMILES string of the molecule is Cc1ccc(CC(C)(C)NNC(=O)OC(C)(C)C)cc1. The monoisotopic (exact) mass is 278 g/mol. The fraction of sp³-hybridized carbons (Fsp3) is 0.562. The molecule has 4 heteroatoms. The van der Waals surface area contributed by atoms with E-state index in [1.54, 1.807) is 0 Å². The Labute approximate surface area is 121 Å². The van der Waals surface area contributed by atoms with Crippen LogP contribution in [-0.2, 0) is 11.2 Å². The predicted molar refractivity (Wildman–Crippen MR) is 81.5 cm³/mol. The summed E-state index contributed by atoms with van der Waals surface area (Å²) < 4.78 is 5.19. The Kier molecular flexibility index (Phi) is 5.17. The summed E-state index contributed by atoms with van der Waals surface area (Å²) in [5.74, 6) is 0. The van der Waals surface area contributed by atoms with Gasteiger partial charge in [-0.3, -0.25) is 5.43 Å². The molecular weight excluding hydrogens is 252 g/mol. The lowest BCUT2D eigenvalue weighted by Crippen LogP contribution is -2.52. The standard InChI is InChI=1S/C16H26N2O2/c1-12-7-9-13(10-8-12)11-16(5,6)18-17-14(19)20-15(2,3)4/h7-10,18H,11H2,1-6H3,(H,17,19). The molecule has 0 radical (unpaired) electrons. The molecule has 2 N–H and O–H groups in total. The first-order valence-electron chi connectivity index (χ1n) is 6.89. The van der Waals surface area contributed by atoms with E-state index in [0.29, 0.717) is 0 Å². The van der Waals surface area contributed by atoms with Gasteiger partial charge in [-0.1, -0.05) is 29.8 Å². The smallest absolute Gasteiger partial charge is 0.422 e. The lowest BCUT2D eigenvalue weighted by atomic mass is 9.95. The summed E-state index contributed by atoms with van der Waals surface area (Å²) >= 11 is 0. The summed E-state index contributed by atoms with van der Waals surface area (Å²) in [5.41, 5.74) is 7.33. The largest absolute Gasteiger partial charge is 0.443 e. The maximum atomic E-state index is 11.6. The minimum atomic E-state index is -0.493. The maximum absolute atomic E-state index is 11.6. The highest BCUT2D eigenvalue weighted by atomic mass is 16.6.